The van der Waals surface area contributed by atoms with Gasteiger partial charge in [-0.2, -0.15) is 0 Å². The Hall–Kier alpha value is -1.91. The van der Waals surface area contributed by atoms with E-state index in [4.69, 9.17) is 5.11 Å². The number of carboxylic acids is 1. The number of hydrogen-bond acceptors (Lipinski definition) is 2. The molecule has 0 heterocycles. The van der Waals surface area contributed by atoms with E-state index in [9.17, 15) is 14.0 Å². The van der Waals surface area contributed by atoms with Crippen molar-refractivity contribution in [1.82, 2.24) is 5.32 Å². The van der Waals surface area contributed by atoms with Crippen LogP contribution in [0.25, 0.3) is 0 Å². The van der Waals surface area contributed by atoms with Crippen molar-refractivity contribution in [3.8, 4) is 0 Å². The third-order valence-electron chi connectivity index (χ3n) is 3.71. The summed E-state index contributed by atoms with van der Waals surface area (Å²) in [4.78, 5) is 22.8. The predicted octanol–water partition coefficient (Wildman–Crippen LogP) is 2.08. The highest BCUT2D eigenvalue weighted by Crippen LogP contribution is 2.49. The van der Waals surface area contributed by atoms with Crippen LogP contribution in [0.4, 0.5) is 4.39 Å². The minimum absolute atomic E-state index is 0.00692. The number of carboxylic acid groups (broad SMARTS) is 1. The monoisotopic (exact) mass is 279 g/mol. The van der Waals surface area contributed by atoms with Gasteiger partial charge in [0.05, 0.1) is 5.41 Å². The van der Waals surface area contributed by atoms with Crippen molar-refractivity contribution in [1.29, 1.82) is 0 Å². The van der Waals surface area contributed by atoms with Gasteiger partial charge in [-0.3, -0.25) is 9.59 Å². The lowest BCUT2D eigenvalue weighted by atomic mass is 9.94. The average Bonchev–Trinajstić information content (AvgIpc) is 3.17. The van der Waals surface area contributed by atoms with E-state index in [1.807, 2.05) is 0 Å². The molecule has 1 atom stereocenters. The van der Waals surface area contributed by atoms with Crippen molar-refractivity contribution < 1.29 is 19.1 Å². The number of nitrogens with one attached hydrogen (secondary N) is 1. The van der Waals surface area contributed by atoms with Gasteiger partial charge in [-0.1, -0.05) is 25.1 Å². The van der Waals surface area contributed by atoms with Crippen LogP contribution in [0, 0.1) is 11.7 Å². The molecule has 2 N–H and O–H groups in total. The number of amides is 1. The summed E-state index contributed by atoms with van der Waals surface area (Å²) in [6, 6.07) is 6.32. The standard InChI is InChI=1S/C15H18FNO3/c1-10(8-13(18)19)9-17-14(20)15(6-7-15)11-4-2-3-5-12(11)16/h2-5,10H,6-9H2,1H3,(H,17,20)(H,18,19). The van der Waals surface area contributed by atoms with Crippen LogP contribution in [0.1, 0.15) is 31.7 Å². The fraction of sp³-hybridized carbons (Fsp3) is 0.467. The van der Waals surface area contributed by atoms with Crippen LogP contribution in [0.2, 0.25) is 0 Å². The second-order valence-corrected chi connectivity index (χ2v) is 5.48. The topological polar surface area (TPSA) is 66.4 Å². The maximum Gasteiger partial charge on any atom is 0.303 e. The largest absolute Gasteiger partial charge is 0.481 e. The van der Waals surface area contributed by atoms with Gasteiger partial charge in [0.1, 0.15) is 5.82 Å². The molecule has 1 aromatic carbocycles. The van der Waals surface area contributed by atoms with Gasteiger partial charge < -0.3 is 10.4 Å². The first kappa shape index (κ1) is 14.5. The van der Waals surface area contributed by atoms with E-state index in [-0.39, 0.29) is 24.1 Å². The zero-order valence-electron chi connectivity index (χ0n) is 11.4. The Morgan fingerprint density at radius 1 is 1.40 bits per heavy atom. The van der Waals surface area contributed by atoms with Crippen molar-refractivity contribution in [3.63, 3.8) is 0 Å². The number of rotatable bonds is 6. The number of benzene rings is 1. The molecular weight excluding hydrogens is 261 g/mol. The van der Waals surface area contributed by atoms with Crippen molar-refractivity contribution >= 4 is 11.9 Å². The van der Waals surface area contributed by atoms with Gasteiger partial charge in [0.25, 0.3) is 0 Å². The third kappa shape index (κ3) is 2.98. The summed E-state index contributed by atoms with van der Waals surface area (Å²) in [7, 11) is 0. The second kappa shape index (κ2) is 5.61. The lowest BCUT2D eigenvalue weighted by molar-refractivity contribution is -0.138. The van der Waals surface area contributed by atoms with Crippen LogP contribution in [0.3, 0.4) is 0 Å². The minimum atomic E-state index is -0.887. The molecule has 0 aromatic heterocycles. The summed E-state index contributed by atoms with van der Waals surface area (Å²) in [6.07, 6.45) is 1.27. The fourth-order valence-electron chi connectivity index (χ4n) is 2.40. The van der Waals surface area contributed by atoms with Crippen molar-refractivity contribution in [2.24, 2.45) is 5.92 Å². The molecule has 4 nitrogen and oxygen atoms in total. The Kier molecular flexibility index (Phi) is 4.06. The van der Waals surface area contributed by atoms with E-state index in [1.165, 1.54) is 6.07 Å². The summed E-state index contributed by atoms with van der Waals surface area (Å²) in [5.41, 5.74) is -0.322. The molecule has 0 radical (unpaired) electrons. The molecule has 2 rings (SSSR count). The number of hydrogen-bond donors (Lipinski definition) is 2. The molecule has 0 bridgehead atoms. The van der Waals surface area contributed by atoms with Crippen LogP contribution in [0.15, 0.2) is 24.3 Å². The van der Waals surface area contributed by atoms with Gasteiger partial charge in [-0.05, 0) is 24.8 Å². The van der Waals surface area contributed by atoms with Gasteiger partial charge in [-0.25, -0.2) is 4.39 Å². The Bertz CT molecular complexity index is 526. The van der Waals surface area contributed by atoms with Crippen molar-refractivity contribution in [2.45, 2.75) is 31.6 Å². The van der Waals surface area contributed by atoms with Gasteiger partial charge in [0, 0.05) is 18.5 Å². The molecule has 1 aromatic rings. The van der Waals surface area contributed by atoms with Gasteiger partial charge in [0.15, 0.2) is 0 Å². The highest BCUT2D eigenvalue weighted by molar-refractivity contribution is 5.91. The molecule has 1 amide bonds. The summed E-state index contributed by atoms with van der Waals surface area (Å²) in [6.45, 7) is 2.05. The molecule has 0 saturated heterocycles. The van der Waals surface area contributed by atoms with E-state index in [1.54, 1.807) is 25.1 Å². The Balaban J connectivity index is 1.99. The Morgan fingerprint density at radius 2 is 2.05 bits per heavy atom. The first-order chi connectivity index (χ1) is 9.45. The number of carbonyl (C=O) groups excluding carboxylic acids is 1. The van der Waals surface area contributed by atoms with Crippen LogP contribution >= 0.6 is 0 Å². The van der Waals surface area contributed by atoms with Crippen LogP contribution in [0.5, 0.6) is 0 Å². The molecular formula is C15H18FNO3. The molecule has 1 fully saturated rings. The zero-order valence-corrected chi connectivity index (χ0v) is 11.4. The quantitative estimate of drug-likeness (QED) is 0.838. The molecule has 0 spiro atoms. The first-order valence-corrected chi connectivity index (χ1v) is 6.71. The van der Waals surface area contributed by atoms with E-state index in [0.29, 0.717) is 24.9 Å². The molecule has 1 unspecified atom stereocenters. The van der Waals surface area contributed by atoms with Crippen LogP contribution in [-0.4, -0.2) is 23.5 Å². The SMILES string of the molecule is CC(CNC(=O)C1(c2ccccc2F)CC1)CC(=O)O. The fourth-order valence-corrected chi connectivity index (χ4v) is 2.40. The smallest absolute Gasteiger partial charge is 0.303 e. The highest BCUT2D eigenvalue weighted by Gasteiger charge is 2.52. The zero-order chi connectivity index (χ0) is 14.8. The normalized spacial score (nSPS) is 17.3. The Morgan fingerprint density at radius 3 is 2.60 bits per heavy atom. The number of aliphatic carboxylic acids is 1. The second-order valence-electron chi connectivity index (χ2n) is 5.48. The average molecular weight is 279 g/mol. The molecule has 20 heavy (non-hydrogen) atoms. The van der Waals surface area contributed by atoms with E-state index in [0.717, 1.165) is 0 Å². The molecule has 5 heteroatoms. The maximum atomic E-state index is 13.8. The van der Waals surface area contributed by atoms with E-state index >= 15 is 0 Å². The van der Waals surface area contributed by atoms with Gasteiger partial charge in [0.2, 0.25) is 5.91 Å². The first-order valence-electron chi connectivity index (χ1n) is 6.71. The molecule has 108 valence electrons. The lowest BCUT2D eigenvalue weighted by Gasteiger charge is -2.18. The summed E-state index contributed by atoms with van der Waals surface area (Å²) >= 11 is 0. The van der Waals surface area contributed by atoms with Gasteiger partial charge >= 0.3 is 5.97 Å². The number of halogens is 1. The molecule has 1 aliphatic carbocycles. The van der Waals surface area contributed by atoms with Gasteiger partial charge in [-0.15, -0.1) is 0 Å². The summed E-state index contributed by atoms with van der Waals surface area (Å²) in [5.74, 6) is -1.60. The minimum Gasteiger partial charge on any atom is -0.481 e. The van der Waals surface area contributed by atoms with E-state index < -0.39 is 11.4 Å². The maximum absolute atomic E-state index is 13.8. The molecule has 1 aliphatic rings. The molecule has 1 saturated carbocycles. The lowest BCUT2D eigenvalue weighted by Crippen LogP contribution is -2.38. The van der Waals surface area contributed by atoms with E-state index in [2.05, 4.69) is 5.32 Å². The Labute approximate surface area is 117 Å². The van der Waals surface area contributed by atoms with Crippen LogP contribution < -0.4 is 5.32 Å². The highest BCUT2D eigenvalue weighted by atomic mass is 19.1. The molecule has 0 aliphatic heterocycles. The summed E-state index contributed by atoms with van der Waals surface area (Å²) in [5, 5.41) is 11.4. The number of carbonyl (C=O) groups is 2. The van der Waals surface area contributed by atoms with Crippen LogP contribution in [-0.2, 0) is 15.0 Å². The van der Waals surface area contributed by atoms with Crippen molar-refractivity contribution in [3.05, 3.63) is 35.6 Å². The predicted molar refractivity (Wildman–Crippen MR) is 71.7 cm³/mol. The van der Waals surface area contributed by atoms with Crippen molar-refractivity contribution in [2.75, 3.05) is 6.54 Å². The third-order valence-corrected chi connectivity index (χ3v) is 3.71. The summed E-state index contributed by atoms with van der Waals surface area (Å²) < 4.78 is 13.8.